The van der Waals surface area contributed by atoms with E-state index in [2.05, 4.69) is 23.9 Å². The van der Waals surface area contributed by atoms with E-state index in [0.29, 0.717) is 12.5 Å². The minimum atomic E-state index is -0.558. The molecule has 0 radical (unpaired) electrons. The first-order chi connectivity index (χ1) is 8.61. The van der Waals surface area contributed by atoms with Crippen LogP contribution in [0.15, 0.2) is 24.8 Å². The molecule has 0 saturated heterocycles. The van der Waals surface area contributed by atoms with Crippen molar-refractivity contribution in [2.24, 2.45) is 7.05 Å². The Kier molecular flexibility index (Phi) is 3.81. The molecular weight excluding hydrogens is 228 g/mol. The number of aliphatic hydroxyl groups excluding tert-OH is 1. The second-order valence-corrected chi connectivity index (χ2v) is 4.69. The van der Waals surface area contributed by atoms with Crippen LogP contribution in [0, 0.1) is 0 Å². The Labute approximate surface area is 107 Å². The third-order valence-corrected chi connectivity index (χ3v) is 3.30. The summed E-state index contributed by atoms with van der Waals surface area (Å²) in [7, 11) is 1.88. The predicted molar refractivity (Wildman–Crippen MR) is 69.1 cm³/mol. The lowest BCUT2D eigenvalue weighted by Gasteiger charge is -2.10. The molecule has 2 unspecified atom stereocenters. The topological polar surface area (TPSA) is 55.9 Å². The lowest BCUT2D eigenvalue weighted by Crippen LogP contribution is -2.09. The van der Waals surface area contributed by atoms with Crippen LogP contribution in [0.25, 0.3) is 0 Å². The van der Waals surface area contributed by atoms with Gasteiger partial charge in [-0.2, -0.15) is 5.10 Å². The van der Waals surface area contributed by atoms with Gasteiger partial charge in [-0.15, -0.1) is 0 Å². The number of aromatic nitrogens is 4. The minimum Gasteiger partial charge on any atom is -0.386 e. The molecule has 2 atom stereocenters. The van der Waals surface area contributed by atoms with Crippen molar-refractivity contribution < 1.29 is 5.11 Å². The van der Waals surface area contributed by atoms with Gasteiger partial charge < -0.3 is 9.67 Å². The maximum Gasteiger partial charge on any atom is 0.101 e. The summed E-state index contributed by atoms with van der Waals surface area (Å²) in [5.41, 5.74) is 1.72. The molecule has 0 aliphatic carbocycles. The zero-order valence-corrected chi connectivity index (χ0v) is 11.1. The summed E-state index contributed by atoms with van der Waals surface area (Å²) in [5, 5.41) is 14.6. The number of aryl methyl sites for hydroxylation is 1. The molecule has 0 fully saturated rings. The van der Waals surface area contributed by atoms with Gasteiger partial charge in [0.25, 0.3) is 0 Å². The number of nitrogens with zero attached hydrogens (tertiary/aromatic N) is 4. The number of hydrogen-bond acceptors (Lipinski definition) is 3. The Morgan fingerprint density at radius 1 is 1.44 bits per heavy atom. The maximum absolute atomic E-state index is 10.1. The molecule has 0 saturated carbocycles. The highest BCUT2D eigenvalue weighted by molar-refractivity contribution is 5.08. The monoisotopic (exact) mass is 248 g/mol. The van der Waals surface area contributed by atoms with Crippen LogP contribution in [0.3, 0.4) is 0 Å². The fourth-order valence-corrected chi connectivity index (χ4v) is 1.91. The van der Waals surface area contributed by atoms with Gasteiger partial charge in [0.1, 0.15) is 6.10 Å². The second-order valence-electron chi connectivity index (χ2n) is 4.69. The van der Waals surface area contributed by atoms with Crippen molar-refractivity contribution in [3.8, 4) is 0 Å². The van der Waals surface area contributed by atoms with Gasteiger partial charge in [-0.1, -0.05) is 6.92 Å². The lowest BCUT2D eigenvalue weighted by molar-refractivity contribution is 0.168. The molecule has 0 aliphatic rings. The minimum absolute atomic E-state index is 0.396. The van der Waals surface area contributed by atoms with Crippen molar-refractivity contribution in [1.29, 1.82) is 0 Å². The van der Waals surface area contributed by atoms with Crippen molar-refractivity contribution >= 4 is 0 Å². The van der Waals surface area contributed by atoms with Crippen LogP contribution in [-0.4, -0.2) is 24.4 Å². The van der Waals surface area contributed by atoms with E-state index in [1.165, 1.54) is 0 Å². The fraction of sp³-hybridized carbons (Fsp3) is 0.538. The van der Waals surface area contributed by atoms with Crippen molar-refractivity contribution in [2.75, 3.05) is 0 Å². The third kappa shape index (κ3) is 2.61. The highest BCUT2D eigenvalue weighted by atomic mass is 16.3. The maximum atomic E-state index is 10.1. The fourth-order valence-electron chi connectivity index (χ4n) is 1.91. The van der Waals surface area contributed by atoms with E-state index >= 15 is 0 Å². The van der Waals surface area contributed by atoms with Crippen LogP contribution in [0.4, 0.5) is 0 Å². The highest BCUT2D eigenvalue weighted by Crippen LogP contribution is 2.17. The Hall–Kier alpha value is -1.62. The number of imidazole rings is 1. The summed E-state index contributed by atoms with van der Waals surface area (Å²) in [4.78, 5) is 4.01. The summed E-state index contributed by atoms with van der Waals surface area (Å²) >= 11 is 0. The Bertz CT molecular complexity index is 503. The van der Waals surface area contributed by atoms with Crippen LogP contribution in [0.5, 0.6) is 0 Å². The van der Waals surface area contributed by atoms with Crippen LogP contribution < -0.4 is 0 Å². The molecule has 5 nitrogen and oxygen atoms in total. The van der Waals surface area contributed by atoms with Gasteiger partial charge in [-0.05, 0) is 19.4 Å². The first-order valence-electron chi connectivity index (χ1n) is 6.30. The number of rotatable bonds is 5. The first-order valence-corrected chi connectivity index (χ1v) is 6.30. The Morgan fingerprint density at radius 2 is 2.22 bits per heavy atom. The molecule has 1 N–H and O–H groups in total. The molecule has 2 rings (SSSR count). The van der Waals surface area contributed by atoms with E-state index in [4.69, 9.17) is 0 Å². The normalized spacial score (nSPS) is 14.7. The van der Waals surface area contributed by atoms with Gasteiger partial charge in [0.15, 0.2) is 0 Å². The summed E-state index contributed by atoms with van der Waals surface area (Å²) in [5.74, 6) is 0. The zero-order valence-electron chi connectivity index (χ0n) is 11.1. The molecule has 0 aromatic carbocycles. The van der Waals surface area contributed by atoms with Gasteiger partial charge in [0.2, 0.25) is 0 Å². The first kappa shape index (κ1) is 12.8. The molecule has 2 aromatic heterocycles. The third-order valence-electron chi connectivity index (χ3n) is 3.30. The lowest BCUT2D eigenvalue weighted by atomic mass is 10.1. The number of aliphatic hydroxyl groups is 1. The van der Waals surface area contributed by atoms with E-state index < -0.39 is 6.10 Å². The molecule has 18 heavy (non-hydrogen) atoms. The standard InChI is InChI=1S/C13H20N4O/c1-4-10(2)17-6-5-11(15-17)7-13(18)12-8-14-9-16(12)3/h5-6,8-10,13,18H,4,7H2,1-3H3. The Balaban J connectivity index is 2.06. The molecule has 0 bridgehead atoms. The zero-order chi connectivity index (χ0) is 13.1. The van der Waals surface area contributed by atoms with Crippen molar-refractivity contribution in [3.05, 3.63) is 36.2 Å². The highest BCUT2D eigenvalue weighted by Gasteiger charge is 2.14. The van der Waals surface area contributed by atoms with Gasteiger partial charge >= 0.3 is 0 Å². The average molecular weight is 248 g/mol. The quantitative estimate of drug-likeness (QED) is 0.878. The summed E-state index contributed by atoms with van der Waals surface area (Å²) in [6.07, 6.45) is 6.36. The molecule has 0 amide bonds. The van der Waals surface area contributed by atoms with E-state index in [1.807, 2.05) is 28.6 Å². The van der Waals surface area contributed by atoms with Crippen LogP contribution in [0.2, 0.25) is 0 Å². The van der Waals surface area contributed by atoms with Crippen molar-refractivity contribution in [3.63, 3.8) is 0 Å². The van der Waals surface area contributed by atoms with Crippen LogP contribution >= 0.6 is 0 Å². The van der Waals surface area contributed by atoms with Crippen LogP contribution in [-0.2, 0) is 13.5 Å². The Morgan fingerprint density at radius 3 is 2.83 bits per heavy atom. The van der Waals surface area contributed by atoms with Crippen LogP contribution in [0.1, 0.15) is 43.8 Å². The largest absolute Gasteiger partial charge is 0.386 e. The smallest absolute Gasteiger partial charge is 0.101 e. The molecule has 0 spiro atoms. The number of hydrogen-bond donors (Lipinski definition) is 1. The summed E-state index contributed by atoms with van der Waals surface area (Å²) < 4.78 is 3.78. The van der Waals surface area contributed by atoms with E-state index in [1.54, 1.807) is 12.5 Å². The molecule has 0 aliphatic heterocycles. The predicted octanol–water partition coefficient (Wildman–Crippen LogP) is 1.86. The van der Waals surface area contributed by atoms with Gasteiger partial charge in [0.05, 0.1) is 23.9 Å². The van der Waals surface area contributed by atoms with E-state index in [-0.39, 0.29) is 0 Å². The van der Waals surface area contributed by atoms with Gasteiger partial charge in [-0.3, -0.25) is 4.68 Å². The molecule has 98 valence electrons. The molecular formula is C13H20N4O. The van der Waals surface area contributed by atoms with Crippen molar-refractivity contribution in [1.82, 2.24) is 19.3 Å². The molecule has 2 aromatic rings. The van der Waals surface area contributed by atoms with E-state index in [0.717, 1.165) is 17.8 Å². The van der Waals surface area contributed by atoms with Gasteiger partial charge in [-0.25, -0.2) is 4.98 Å². The average Bonchev–Trinajstić information content (AvgIpc) is 2.97. The van der Waals surface area contributed by atoms with Crippen molar-refractivity contribution in [2.45, 2.75) is 38.8 Å². The SMILES string of the molecule is CCC(C)n1ccc(CC(O)c2cncn2C)n1. The molecule has 5 heteroatoms. The molecule has 2 heterocycles. The van der Waals surface area contributed by atoms with Gasteiger partial charge in [0, 0.05) is 25.7 Å². The van der Waals surface area contributed by atoms with E-state index in [9.17, 15) is 5.11 Å². The second kappa shape index (κ2) is 5.35. The summed E-state index contributed by atoms with van der Waals surface area (Å²) in [6, 6.07) is 2.36. The summed E-state index contributed by atoms with van der Waals surface area (Å²) in [6.45, 7) is 4.27.